The second-order valence-corrected chi connectivity index (χ2v) is 5.43. The number of nitrogens with zero attached hydrogens (tertiary/aromatic N) is 1. The van der Waals surface area contributed by atoms with Crippen molar-refractivity contribution in [1.29, 1.82) is 0 Å². The van der Waals surface area contributed by atoms with Gasteiger partial charge in [0.1, 0.15) is 5.56 Å². The number of hydrogen-bond acceptors (Lipinski definition) is 2. The zero-order chi connectivity index (χ0) is 14.8. The Hall–Kier alpha value is -2.36. The predicted molar refractivity (Wildman–Crippen MR) is 81.3 cm³/mol. The van der Waals surface area contributed by atoms with Crippen molar-refractivity contribution >= 4 is 5.91 Å². The van der Waals surface area contributed by atoms with Crippen LogP contribution >= 0.6 is 0 Å². The molecule has 1 N–H and O–H groups in total. The molecule has 0 saturated carbocycles. The number of likely N-dealkylation sites (tertiary alicyclic amines) is 1. The first-order valence-corrected chi connectivity index (χ1v) is 7.22. The maximum Gasteiger partial charge on any atom is 0.260 e. The fourth-order valence-corrected chi connectivity index (χ4v) is 3.04. The van der Waals surface area contributed by atoms with Gasteiger partial charge in [-0.3, -0.25) is 9.59 Å². The van der Waals surface area contributed by atoms with Gasteiger partial charge in [0.25, 0.3) is 11.5 Å². The Morgan fingerprint density at radius 1 is 1.24 bits per heavy atom. The summed E-state index contributed by atoms with van der Waals surface area (Å²) in [4.78, 5) is 28.9. The lowest BCUT2D eigenvalue weighted by atomic mass is 9.99. The van der Waals surface area contributed by atoms with Gasteiger partial charge in [0.15, 0.2) is 0 Å². The fourth-order valence-electron chi connectivity index (χ4n) is 3.04. The van der Waals surface area contributed by atoms with Crippen molar-refractivity contribution in [2.45, 2.75) is 25.8 Å². The minimum Gasteiger partial charge on any atom is -0.331 e. The molecule has 0 aliphatic carbocycles. The number of nitrogens with one attached hydrogen (secondary N) is 1. The van der Waals surface area contributed by atoms with E-state index in [1.807, 2.05) is 17.0 Å². The van der Waals surface area contributed by atoms with E-state index in [0.29, 0.717) is 6.54 Å². The van der Waals surface area contributed by atoms with Crippen LogP contribution in [0.4, 0.5) is 0 Å². The van der Waals surface area contributed by atoms with Crippen LogP contribution in [-0.4, -0.2) is 22.3 Å². The third-order valence-electron chi connectivity index (χ3n) is 4.11. The van der Waals surface area contributed by atoms with Crippen molar-refractivity contribution in [2.24, 2.45) is 0 Å². The van der Waals surface area contributed by atoms with Crippen LogP contribution in [0.2, 0.25) is 0 Å². The standard InChI is InChI=1S/C17H18N2O2/c1-12-6-2-3-7-13(12)15-9-5-11-19(15)17(21)14-8-4-10-18-16(14)20/h2-4,6-8,10,15H,5,9,11H2,1H3,(H,18,20). The number of aromatic nitrogens is 1. The largest absolute Gasteiger partial charge is 0.331 e. The monoisotopic (exact) mass is 282 g/mol. The first kappa shape index (κ1) is 13.6. The Labute approximate surface area is 123 Å². The summed E-state index contributed by atoms with van der Waals surface area (Å²) in [6, 6.07) is 11.5. The summed E-state index contributed by atoms with van der Waals surface area (Å²) < 4.78 is 0. The number of amides is 1. The third-order valence-corrected chi connectivity index (χ3v) is 4.11. The molecule has 1 amide bonds. The quantitative estimate of drug-likeness (QED) is 0.920. The van der Waals surface area contributed by atoms with Gasteiger partial charge in [-0.2, -0.15) is 0 Å². The Balaban J connectivity index is 1.95. The van der Waals surface area contributed by atoms with Gasteiger partial charge < -0.3 is 9.88 Å². The summed E-state index contributed by atoms with van der Waals surface area (Å²) in [6.07, 6.45) is 3.46. The highest BCUT2D eigenvalue weighted by Crippen LogP contribution is 2.34. The van der Waals surface area contributed by atoms with Crippen LogP contribution in [0.3, 0.4) is 0 Å². The molecule has 0 spiro atoms. The van der Waals surface area contributed by atoms with Crippen LogP contribution in [0.5, 0.6) is 0 Å². The molecule has 1 fully saturated rings. The van der Waals surface area contributed by atoms with Crippen molar-refractivity contribution in [3.05, 3.63) is 69.6 Å². The Bertz CT molecular complexity index is 720. The van der Waals surface area contributed by atoms with E-state index in [2.05, 4.69) is 24.0 Å². The predicted octanol–water partition coefficient (Wildman–Crippen LogP) is 2.66. The first-order chi connectivity index (χ1) is 10.2. The van der Waals surface area contributed by atoms with Gasteiger partial charge in [0.05, 0.1) is 6.04 Å². The van der Waals surface area contributed by atoms with Gasteiger partial charge in [-0.05, 0) is 43.0 Å². The molecule has 1 aliphatic rings. The number of hydrogen-bond donors (Lipinski definition) is 1. The highest BCUT2D eigenvalue weighted by Gasteiger charge is 2.32. The highest BCUT2D eigenvalue weighted by molar-refractivity contribution is 5.94. The molecule has 21 heavy (non-hydrogen) atoms. The van der Waals surface area contributed by atoms with Crippen molar-refractivity contribution in [3.8, 4) is 0 Å². The Morgan fingerprint density at radius 3 is 2.81 bits per heavy atom. The number of aryl methyl sites for hydroxylation is 1. The number of aromatic amines is 1. The van der Waals surface area contributed by atoms with E-state index in [4.69, 9.17) is 0 Å². The molecule has 4 heteroatoms. The van der Waals surface area contributed by atoms with Crippen molar-refractivity contribution in [1.82, 2.24) is 9.88 Å². The van der Waals surface area contributed by atoms with E-state index < -0.39 is 0 Å². The van der Waals surface area contributed by atoms with E-state index in [1.54, 1.807) is 18.3 Å². The number of pyridine rings is 1. The zero-order valence-corrected chi connectivity index (χ0v) is 12.0. The summed E-state index contributed by atoms with van der Waals surface area (Å²) in [5, 5.41) is 0. The number of rotatable bonds is 2. The maximum absolute atomic E-state index is 12.7. The lowest BCUT2D eigenvalue weighted by molar-refractivity contribution is 0.0733. The summed E-state index contributed by atoms with van der Waals surface area (Å²) in [5.41, 5.74) is 2.26. The molecule has 3 rings (SSSR count). The van der Waals surface area contributed by atoms with E-state index in [9.17, 15) is 9.59 Å². The van der Waals surface area contributed by atoms with Crippen LogP contribution in [0, 0.1) is 6.92 Å². The normalized spacial score (nSPS) is 18.0. The highest BCUT2D eigenvalue weighted by atomic mass is 16.2. The molecule has 1 unspecified atom stereocenters. The average Bonchev–Trinajstić information content (AvgIpc) is 2.97. The summed E-state index contributed by atoms with van der Waals surface area (Å²) in [7, 11) is 0. The number of carbonyl (C=O) groups excluding carboxylic acids is 1. The smallest absolute Gasteiger partial charge is 0.260 e. The number of benzene rings is 1. The van der Waals surface area contributed by atoms with Gasteiger partial charge in [-0.1, -0.05) is 24.3 Å². The molecule has 1 aromatic heterocycles. The average molecular weight is 282 g/mol. The zero-order valence-electron chi connectivity index (χ0n) is 12.0. The summed E-state index contributed by atoms with van der Waals surface area (Å²) in [6.45, 7) is 2.76. The Morgan fingerprint density at radius 2 is 2.05 bits per heavy atom. The van der Waals surface area contributed by atoms with Crippen molar-refractivity contribution < 1.29 is 4.79 Å². The molecule has 2 heterocycles. The minimum atomic E-state index is -0.321. The molecule has 1 saturated heterocycles. The molecular formula is C17H18N2O2. The Kier molecular flexibility index (Phi) is 3.60. The van der Waals surface area contributed by atoms with Crippen molar-refractivity contribution in [3.63, 3.8) is 0 Å². The van der Waals surface area contributed by atoms with Crippen LogP contribution in [0.1, 0.15) is 40.4 Å². The molecular weight excluding hydrogens is 264 g/mol. The molecule has 4 nitrogen and oxygen atoms in total. The number of H-pyrrole nitrogens is 1. The molecule has 108 valence electrons. The second-order valence-electron chi connectivity index (χ2n) is 5.43. The minimum absolute atomic E-state index is 0.0679. The molecule has 2 aromatic rings. The summed E-state index contributed by atoms with van der Waals surface area (Å²) in [5.74, 6) is -0.178. The topological polar surface area (TPSA) is 53.2 Å². The molecule has 1 atom stereocenters. The SMILES string of the molecule is Cc1ccccc1C1CCCN1C(=O)c1ccc[nH]c1=O. The van der Waals surface area contributed by atoms with E-state index in [1.165, 1.54) is 11.1 Å². The third kappa shape index (κ3) is 2.49. The van der Waals surface area contributed by atoms with E-state index in [0.717, 1.165) is 12.8 Å². The van der Waals surface area contributed by atoms with Crippen LogP contribution in [-0.2, 0) is 0 Å². The molecule has 0 radical (unpaired) electrons. The van der Waals surface area contributed by atoms with Crippen LogP contribution in [0.25, 0.3) is 0 Å². The van der Waals surface area contributed by atoms with Crippen LogP contribution in [0.15, 0.2) is 47.4 Å². The van der Waals surface area contributed by atoms with Gasteiger partial charge >= 0.3 is 0 Å². The van der Waals surface area contributed by atoms with Gasteiger partial charge in [0.2, 0.25) is 0 Å². The van der Waals surface area contributed by atoms with Gasteiger partial charge in [-0.15, -0.1) is 0 Å². The molecule has 1 aliphatic heterocycles. The summed E-state index contributed by atoms with van der Waals surface area (Å²) >= 11 is 0. The second kappa shape index (κ2) is 5.56. The molecule has 0 bridgehead atoms. The molecule has 1 aromatic carbocycles. The first-order valence-electron chi connectivity index (χ1n) is 7.22. The van der Waals surface area contributed by atoms with E-state index in [-0.39, 0.29) is 23.1 Å². The number of carbonyl (C=O) groups is 1. The van der Waals surface area contributed by atoms with E-state index >= 15 is 0 Å². The lowest BCUT2D eigenvalue weighted by Gasteiger charge is -2.26. The lowest BCUT2D eigenvalue weighted by Crippen LogP contribution is -2.34. The van der Waals surface area contributed by atoms with Crippen LogP contribution < -0.4 is 5.56 Å². The van der Waals surface area contributed by atoms with Gasteiger partial charge in [0, 0.05) is 12.7 Å². The van der Waals surface area contributed by atoms with Gasteiger partial charge in [-0.25, -0.2) is 0 Å². The maximum atomic E-state index is 12.7. The van der Waals surface area contributed by atoms with Crippen molar-refractivity contribution in [2.75, 3.05) is 6.54 Å². The fraction of sp³-hybridized carbons (Fsp3) is 0.294.